The van der Waals surface area contributed by atoms with Gasteiger partial charge < -0.3 is 15.4 Å². The molecule has 0 aliphatic rings. The highest BCUT2D eigenvalue weighted by Gasteiger charge is 2.07. The van der Waals surface area contributed by atoms with Gasteiger partial charge in [-0.2, -0.15) is 5.10 Å². The van der Waals surface area contributed by atoms with Crippen LogP contribution in [0.2, 0.25) is 0 Å². The van der Waals surface area contributed by atoms with Crippen LogP contribution in [0.3, 0.4) is 0 Å². The Morgan fingerprint density at radius 1 is 1.23 bits per heavy atom. The number of aromatic nitrogens is 2. The Hall–Kier alpha value is -2.93. The second kappa shape index (κ2) is 8.44. The van der Waals surface area contributed by atoms with E-state index in [4.69, 9.17) is 4.74 Å². The van der Waals surface area contributed by atoms with Crippen molar-refractivity contribution < 1.29 is 9.53 Å². The summed E-state index contributed by atoms with van der Waals surface area (Å²) in [5.41, 5.74) is 2.60. The number of benzene rings is 2. The van der Waals surface area contributed by atoms with Gasteiger partial charge in [0, 0.05) is 29.3 Å². The number of anilines is 1. The molecule has 2 aromatic carbocycles. The van der Waals surface area contributed by atoms with E-state index < -0.39 is 0 Å². The first kappa shape index (κ1) is 17.9. The first-order valence-electron chi connectivity index (χ1n) is 8.05. The second-order valence-electron chi connectivity index (χ2n) is 5.50. The number of urea groups is 1. The molecule has 0 bridgehead atoms. The highest BCUT2D eigenvalue weighted by molar-refractivity contribution is 7.98. The molecule has 0 spiro atoms. The Morgan fingerprint density at radius 2 is 2.08 bits per heavy atom. The lowest BCUT2D eigenvalue weighted by atomic mass is 10.3. The standard InChI is InChI=1S/C19H20N4O2S/c1-25-16-7-5-6-15(10-16)23-13-14(12-21-23)11-20-19(24)22-17-8-3-4-9-18(17)26-2/h3-10,12-13H,11H2,1-2H3,(H2,20,22,24). The van der Waals surface area contributed by atoms with Crippen molar-refractivity contribution in [1.82, 2.24) is 15.1 Å². The molecule has 1 aromatic heterocycles. The summed E-state index contributed by atoms with van der Waals surface area (Å²) in [4.78, 5) is 13.2. The number of amides is 2. The number of nitrogens with zero attached hydrogens (tertiary/aromatic N) is 2. The molecule has 134 valence electrons. The number of hydrogen-bond acceptors (Lipinski definition) is 4. The molecule has 0 aliphatic carbocycles. The van der Waals surface area contributed by atoms with Crippen molar-refractivity contribution in [3.05, 3.63) is 66.5 Å². The number of carbonyl (C=O) groups excluding carboxylic acids is 1. The smallest absolute Gasteiger partial charge is 0.319 e. The van der Waals surface area contributed by atoms with Crippen LogP contribution in [0, 0.1) is 0 Å². The number of para-hydroxylation sites is 1. The summed E-state index contributed by atoms with van der Waals surface area (Å²) >= 11 is 1.59. The average molecular weight is 368 g/mol. The molecule has 26 heavy (non-hydrogen) atoms. The normalized spacial score (nSPS) is 10.4. The van der Waals surface area contributed by atoms with Crippen LogP contribution in [0.25, 0.3) is 5.69 Å². The van der Waals surface area contributed by atoms with Crippen molar-refractivity contribution in [2.75, 3.05) is 18.7 Å². The molecule has 3 rings (SSSR count). The summed E-state index contributed by atoms with van der Waals surface area (Å²) in [6, 6.07) is 15.1. The predicted molar refractivity (Wildman–Crippen MR) is 104 cm³/mol. The van der Waals surface area contributed by atoms with Crippen LogP contribution >= 0.6 is 11.8 Å². The molecule has 0 aliphatic heterocycles. The third-order valence-corrected chi connectivity index (χ3v) is 4.56. The van der Waals surface area contributed by atoms with Crippen LogP contribution < -0.4 is 15.4 Å². The fourth-order valence-corrected chi connectivity index (χ4v) is 3.00. The van der Waals surface area contributed by atoms with Gasteiger partial charge in [-0.3, -0.25) is 0 Å². The summed E-state index contributed by atoms with van der Waals surface area (Å²) in [6.07, 6.45) is 5.59. The Bertz CT molecular complexity index is 895. The number of ether oxygens (including phenoxy) is 1. The summed E-state index contributed by atoms with van der Waals surface area (Å²) in [5, 5.41) is 10.1. The quantitative estimate of drug-likeness (QED) is 0.647. The number of thioether (sulfide) groups is 1. The Kier molecular flexibility index (Phi) is 5.80. The van der Waals surface area contributed by atoms with Crippen LogP contribution in [0.4, 0.5) is 10.5 Å². The Balaban J connectivity index is 1.60. The lowest BCUT2D eigenvalue weighted by Crippen LogP contribution is -2.28. The summed E-state index contributed by atoms with van der Waals surface area (Å²) in [7, 11) is 1.63. The van der Waals surface area contributed by atoms with Crippen molar-refractivity contribution >= 4 is 23.5 Å². The van der Waals surface area contributed by atoms with E-state index in [1.165, 1.54) is 0 Å². The third-order valence-electron chi connectivity index (χ3n) is 3.76. The molecule has 2 amide bonds. The molecule has 2 N–H and O–H groups in total. The van der Waals surface area contributed by atoms with Gasteiger partial charge in [0.1, 0.15) is 5.75 Å². The zero-order valence-corrected chi connectivity index (χ0v) is 15.4. The van der Waals surface area contributed by atoms with Gasteiger partial charge in [0.15, 0.2) is 0 Å². The van der Waals surface area contributed by atoms with Crippen LogP contribution in [-0.4, -0.2) is 29.2 Å². The molecule has 0 unspecified atom stereocenters. The Labute approximate surface area is 156 Å². The van der Waals surface area contributed by atoms with Crippen molar-refractivity contribution in [2.24, 2.45) is 0 Å². The molecule has 0 fully saturated rings. The van der Waals surface area contributed by atoms with E-state index in [9.17, 15) is 4.79 Å². The van der Waals surface area contributed by atoms with Gasteiger partial charge >= 0.3 is 6.03 Å². The molecule has 3 aromatic rings. The second-order valence-corrected chi connectivity index (χ2v) is 6.35. The monoisotopic (exact) mass is 368 g/mol. The molecule has 0 saturated carbocycles. The number of methoxy groups -OCH3 is 1. The maximum Gasteiger partial charge on any atom is 0.319 e. The van der Waals surface area contributed by atoms with Crippen molar-refractivity contribution in [3.63, 3.8) is 0 Å². The van der Waals surface area contributed by atoms with Crippen molar-refractivity contribution in [1.29, 1.82) is 0 Å². The van der Waals surface area contributed by atoms with Crippen LogP contribution in [0.15, 0.2) is 65.8 Å². The van der Waals surface area contributed by atoms with E-state index in [2.05, 4.69) is 15.7 Å². The number of nitrogens with one attached hydrogen (secondary N) is 2. The molecule has 0 radical (unpaired) electrons. The lowest BCUT2D eigenvalue weighted by Gasteiger charge is -2.09. The van der Waals surface area contributed by atoms with E-state index in [1.54, 1.807) is 29.8 Å². The van der Waals surface area contributed by atoms with E-state index in [0.717, 1.165) is 27.6 Å². The minimum absolute atomic E-state index is 0.249. The maximum atomic E-state index is 12.1. The van der Waals surface area contributed by atoms with E-state index >= 15 is 0 Å². The van der Waals surface area contributed by atoms with Gasteiger partial charge in [-0.1, -0.05) is 18.2 Å². The highest BCUT2D eigenvalue weighted by Crippen LogP contribution is 2.24. The van der Waals surface area contributed by atoms with Crippen LogP contribution in [0.1, 0.15) is 5.56 Å². The predicted octanol–water partition coefficient (Wildman–Crippen LogP) is 3.92. The molecule has 0 saturated heterocycles. The lowest BCUT2D eigenvalue weighted by molar-refractivity contribution is 0.251. The summed E-state index contributed by atoms with van der Waals surface area (Å²) in [6.45, 7) is 0.386. The third kappa shape index (κ3) is 4.37. The van der Waals surface area contributed by atoms with Gasteiger partial charge in [-0.25, -0.2) is 9.48 Å². The number of rotatable bonds is 6. The molecular weight excluding hydrogens is 348 g/mol. The van der Waals surface area contributed by atoms with Gasteiger partial charge in [-0.15, -0.1) is 11.8 Å². The number of carbonyl (C=O) groups is 1. The Morgan fingerprint density at radius 3 is 2.88 bits per heavy atom. The molecule has 1 heterocycles. The van der Waals surface area contributed by atoms with E-state index in [1.807, 2.05) is 61.0 Å². The number of hydrogen-bond donors (Lipinski definition) is 2. The van der Waals surface area contributed by atoms with Crippen molar-refractivity contribution in [2.45, 2.75) is 11.4 Å². The fraction of sp³-hybridized carbons (Fsp3) is 0.158. The van der Waals surface area contributed by atoms with Crippen LogP contribution in [-0.2, 0) is 6.54 Å². The minimum Gasteiger partial charge on any atom is -0.497 e. The zero-order chi connectivity index (χ0) is 18.4. The minimum atomic E-state index is -0.249. The topological polar surface area (TPSA) is 68.2 Å². The zero-order valence-electron chi connectivity index (χ0n) is 14.6. The average Bonchev–Trinajstić information content (AvgIpc) is 3.16. The van der Waals surface area contributed by atoms with E-state index in [-0.39, 0.29) is 6.03 Å². The van der Waals surface area contributed by atoms with E-state index in [0.29, 0.717) is 6.54 Å². The van der Waals surface area contributed by atoms with Crippen molar-refractivity contribution in [3.8, 4) is 11.4 Å². The highest BCUT2D eigenvalue weighted by atomic mass is 32.2. The maximum absolute atomic E-state index is 12.1. The molecule has 6 nitrogen and oxygen atoms in total. The molecular formula is C19H20N4O2S. The SMILES string of the molecule is COc1cccc(-n2cc(CNC(=O)Nc3ccccc3SC)cn2)c1. The van der Waals surface area contributed by atoms with Crippen LogP contribution in [0.5, 0.6) is 5.75 Å². The van der Waals surface area contributed by atoms with Gasteiger partial charge in [-0.05, 0) is 30.5 Å². The summed E-state index contributed by atoms with van der Waals surface area (Å²) in [5.74, 6) is 0.768. The molecule has 0 atom stereocenters. The molecule has 7 heteroatoms. The van der Waals surface area contributed by atoms with Gasteiger partial charge in [0.25, 0.3) is 0 Å². The first-order chi connectivity index (χ1) is 12.7. The fourth-order valence-electron chi connectivity index (χ4n) is 2.44. The first-order valence-corrected chi connectivity index (χ1v) is 9.28. The summed E-state index contributed by atoms with van der Waals surface area (Å²) < 4.78 is 6.98. The van der Waals surface area contributed by atoms with Gasteiger partial charge in [0.05, 0.1) is 24.7 Å². The van der Waals surface area contributed by atoms with Gasteiger partial charge in [0.2, 0.25) is 0 Å². The largest absolute Gasteiger partial charge is 0.497 e.